The van der Waals surface area contributed by atoms with Crippen molar-refractivity contribution in [3.8, 4) is 11.1 Å². The summed E-state index contributed by atoms with van der Waals surface area (Å²) in [6.07, 6.45) is 0. The highest BCUT2D eigenvalue weighted by Crippen LogP contribution is 2.55. The molecule has 47 heavy (non-hydrogen) atoms. The molecule has 2 heteroatoms. The Balaban J connectivity index is 1.36. The van der Waals surface area contributed by atoms with Gasteiger partial charge in [0, 0.05) is 42.2 Å². The van der Waals surface area contributed by atoms with Gasteiger partial charge in [-0.15, -0.1) is 11.3 Å². The predicted molar refractivity (Wildman–Crippen MR) is 204 cm³/mol. The number of anilines is 3. The molecule has 1 heterocycles. The highest BCUT2D eigenvalue weighted by molar-refractivity contribution is 7.25. The van der Waals surface area contributed by atoms with Gasteiger partial charge >= 0.3 is 0 Å². The van der Waals surface area contributed by atoms with Gasteiger partial charge in [0.2, 0.25) is 0 Å². The fourth-order valence-corrected chi connectivity index (χ4v) is 9.30. The Morgan fingerprint density at radius 2 is 1.13 bits per heavy atom. The van der Waals surface area contributed by atoms with Crippen LogP contribution in [0.2, 0.25) is 0 Å². The third-order valence-electron chi connectivity index (χ3n) is 10.4. The normalized spacial score (nSPS) is 13.5. The van der Waals surface area contributed by atoms with Gasteiger partial charge in [-0.2, -0.15) is 0 Å². The van der Waals surface area contributed by atoms with Crippen LogP contribution < -0.4 is 4.90 Å². The van der Waals surface area contributed by atoms with E-state index in [1.165, 1.54) is 91.8 Å². The maximum Gasteiger partial charge on any atom is 0.0546 e. The van der Waals surface area contributed by atoms with E-state index in [-0.39, 0.29) is 5.41 Å². The Bertz CT molecular complexity index is 2730. The quantitative estimate of drug-likeness (QED) is 0.178. The van der Waals surface area contributed by atoms with Crippen molar-refractivity contribution in [2.45, 2.75) is 19.3 Å². The lowest BCUT2D eigenvalue weighted by atomic mass is 9.82. The molecule has 10 rings (SSSR count). The fourth-order valence-electron chi connectivity index (χ4n) is 8.21. The van der Waals surface area contributed by atoms with E-state index >= 15 is 0 Å². The van der Waals surface area contributed by atoms with Crippen LogP contribution in [0.5, 0.6) is 0 Å². The van der Waals surface area contributed by atoms with Crippen LogP contribution in [0.1, 0.15) is 25.0 Å². The monoisotopic (exact) mass is 617 g/mol. The maximum absolute atomic E-state index is 2.55. The van der Waals surface area contributed by atoms with Crippen LogP contribution in [0.25, 0.3) is 63.6 Å². The van der Waals surface area contributed by atoms with Crippen molar-refractivity contribution in [3.05, 3.63) is 163 Å². The van der Waals surface area contributed by atoms with Gasteiger partial charge in [0.1, 0.15) is 0 Å². The van der Waals surface area contributed by atoms with Gasteiger partial charge in [0.15, 0.2) is 0 Å². The summed E-state index contributed by atoms with van der Waals surface area (Å²) in [7, 11) is 0. The third-order valence-corrected chi connectivity index (χ3v) is 11.6. The van der Waals surface area contributed by atoms with Crippen molar-refractivity contribution in [3.63, 3.8) is 0 Å². The molecule has 0 spiro atoms. The molecule has 0 bridgehead atoms. The summed E-state index contributed by atoms with van der Waals surface area (Å²) in [6.45, 7) is 4.74. The van der Waals surface area contributed by atoms with Crippen molar-refractivity contribution in [2.75, 3.05) is 4.90 Å². The van der Waals surface area contributed by atoms with Crippen molar-refractivity contribution < 1.29 is 0 Å². The fraction of sp³-hybridized carbons (Fsp3) is 0.0667. The van der Waals surface area contributed by atoms with Crippen molar-refractivity contribution >= 4 is 80.9 Å². The van der Waals surface area contributed by atoms with Crippen LogP contribution in [0.4, 0.5) is 17.1 Å². The first-order valence-electron chi connectivity index (χ1n) is 16.4. The average molecular weight is 618 g/mol. The maximum atomic E-state index is 2.55. The molecule has 0 atom stereocenters. The molecule has 1 nitrogen and oxygen atoms in total. The van der Waals surface area contributed by atoms with E-state index in [9.17, 15) is 0 Å². The Hall–Kier alpha value is -5.44. The highest BCUT2D eigenvalue weighted by atomic mass is 32.1. The van der Waals surface area contributed by atoms with E-state index in [0.717, 1.165) is 0 Å². The smallest absolute Gasteiger partial charge is 0.0546 e. The number of benzene rings is 8. The zero-order valence-corrected chi connectivity index (χ0v) is 27.1. The highest BCUT2D eigenvalue weighted by Gasteiger charge is 2.38. The van der Waals surface area contributed by atoms with Crippen LogP contribution in [0.15, 0.2) is 152 Å². The Labute approximate surface area is 278 Å². The van der Waals surface area contributed by atoms with Crippen molar-refractivity contribution in [2.24, 2.45) is 0 Å². The van der Waals surface area contributed by atoms with E-state index in [1.54, 1.807) is 0 Å². The van der Waals surface area contributed by atoms with E-state index in [4.69, 9.17) is 0 Å². The molecule has 0 saturated heterocycles. The number of rotatable bonds is 3. The van der Waals surface area contributed by atoms with E-state index < -0.39 is 0 Å². The molecular weight excluding hydrogens is 587 g/mol. The predicted octanol–water partition coefficient (Wildman–Crippen LogP) is 13.3. The number of hydrogen-bond acceptors (Lipinski definition) is 2. The molecule has 0 saturated carbocycles. The Morgan fingerprint density at radius 1 is 0.447 bits per heavy atom. The molecule has 0 radical (unpaired) electrons. The summed E-state index contributed by atoms with van der Waals surface area (Å²) in [5.74, 6) is 0. The third kappa shape index (κ3) is 3.77. The summed E-state index contributed by atoms with van der Waals surface area (Å²) < 4.78 is 2.64. The van der Waals surface area contributed by atoms with Crippen LogP contribution in [0.3, 0.4) is 0 Å². The zero-order valence-electron chi connectivity index (χ0n) is 26.3. The Morgan fingerprint density at radius 3 is 2.02 bits per heavy atom. The molecule has 1 aromatic heterocycles. The topological polar surface area (TPSA) is 3.24 Å². The Kier molecular flexibility index (Phi) is 5.57. The number of fused-ring (bicyclic) bond motifs is 11. The van der Waals surface area contributed by atoms with Crippen LogP contribution in [0, 0.1) is 0 Å². The molecule has 0 N–H and O–H groups in total. The first kappa shape index (κ1) is 26.7. The molecule has 9 aromatic rings. The molecule has 1 aliphatic carbocycles. The van der Waals surface area contributed by atoms with Gasteiger partial charge < -0.3 is 4.90 Å². The molecule has 8 aromatic carbocycles. The lowest BCUT2D eigenvalue weighted by molar-refractivity contribution is 0.660. The summed E-state index contributed by atoms with van der Waals surface area (Å²) in [5.41, 5.74) is 8.89. The second-order valence-electron chi connectivity index (χ2n) is 13.3. The average Bonchev–Trinajstić information content (AvgIpc) is 3.60. The zero-order chi connectivity index (χ0) is 31.3. The summed E-state index contributed by atoms with van der Waals surface area (Å²) in [4.78, 5) is 2.55. The van der Waals surface area contributed by atoms with Gasteiger partial charge in [0.05, 0.1) is 11.4 Å². The lowest BCUT2D eigenvalue weighted by Gasteiger charge is -2.30. The second-order valence-corrected chi connectivity index (χ2v) is 14.4. The summed E-state index contributed by atoms with van der Waals surface area (Å²) in [5, 5.41) is 10.2. The van der Waals surface area contributed by atoms with E-state index in [0.29, 0.717) is 0 Å². The molecule has 0 unspecified atom stereocenters. The molecule has 1 aliphatic rings. The minimum Gasteiger partial charge on any atom is -0.309 e. The van der Waals surface area contributed by atoms with Crippen LogP contribution in [-0.2, 0) is 5.41 Å². The number of nitrogens with zero attached hydrogens (tertiary/aromatic N) is 1. The van der Waals surface area contributed by atoms with E-state index in [2.05, 4.69) is 170 Å². The molecular formula is C45H31NS. The standard InChI is InChI=1S/C45H31NS/c1-45(2)38-18-9-7-17-35(38)44-39(45)19-11-20-40(44)46(29-23-25-43-37(26-29)34-16-8-10-21-42(34)47-43)41-27-36-30-13-4-3-12-28(30)22-24-32(36)31-14-5-6-15-33(31)41/h3-27H,1-2H3. The van der Waals surface area contributed by atoms with Gasteiger partial charge in [-0.25, -0.2) is 0 Å². The number of thiophene rings is 1. The summed E-state index contributed by atoms with van der Waals surface area (Å²) >= 11 is 1.87. The van der Waals surface area contributed by atoms with E-state index in [1.807, 2.05) is 11.3 Å². The van der Waals surface area contributed by atoms with Gasteiger partial charge in [-0.1, -0.05) is 129 Å². The largest absolute Gasteiger partial charge is 0.309 e. The van der Waals surface area contributed by atoms with Gasteiger partial charge in [0.25, 0.3) is 0 Å². The molecule has 0 fully saturated rings. The van der Waals surface area contributed by atoms with Crippen LogP contribution >= 0.6 is 11.3 Å². The first-order valence-corrected chi connectivity index (χ1v) is 17.2. The van der Waals surface area contributed by atoms with Gasteiger partial charge in [-0.05, 0) is 80.0 Å². The first-order chi connectivity index (χ1) is 23.1. The minimum absolute atomic E-state index is 0.0945. The summed E-state index contributed by atoms with van der Waals surface area (Å²) in [6, 6.07) is 56.5. The second kappa shape index (κ2) is 9.78. The molecule has 0 aliphatic heterocycles. The SMILES string of the molecule is CC1(C)c2ccccc2-c2c(N(c3ccc4sc5ccccc5c4c3)c3cc4c5ccccc5ccc4c4ccccc34)cccc21. The van der Waals surface area contributed by atoms with Crippen molar-refractivity contribution in [1.29, 1.82) is 0 Å². The molecule has 0 amide bonds. The van der Waals surface area contributed by atoms with Gasteiger partial charge in [-0.3, -0.25) is 0 Å². The number of hydrogen-bond donors (Lipinski definition) is 0. The van der Waals surface area contributed by atoms with Crippen LogP contribution in [-0.4, -0.2) is 0 Å². The van der Waals surface area contributed by atoms with Crippen molar-refractivity contribution in [1.82, 2.24) is 0 Å². The molecule has 222 valence electrons. The minimum atomic E-state index is -0.0945. The lowest BCUT2D eigenvalue weighted by Crippen LogP contribution is -2.16.